The smallest absolute Gasteiger partial charge is 0.336 e. The summed E-state index contributed by atoms with van der Waals surface area (Å²) in [6.07, 6.45) is 1.05. The standard InChI is InChI=1S/C27H32N2O5/c1-4-34-26(32)25-20(15-33-12-11-28)29-19-13-27(2,3)14-22(31)24(19)23(25)18-9-10-21(30)17-8-6-5-7-16(17)18/h5-10,23,29-30H,4,11-15,28H2,1-3H3. The second kappa shape index (κ2) is 9.60. The number of hydrogen-bond donors (Lipinski definition) is 3. The van der Waals surface area contributed by atoms with Crippen LogP contribution in [0.2, 0.25) is 0 Å². The van der Waals surface area contributed by atoms with Gasteiger partial charge in [-0.3, -0.25) is 4.79 Å². The number of ether oxygens (including phenoxy) is 2. The lowest BCUT2D eigenvalue weighted by Gasteiger charge is -2.40. The molecule has 0 fully saturated rings. The highest BCUT2D eigenvalue weighted by molar-refractivity contribution is 6.06. The van der Waals surface area contributed by atoms with Gasteiger partial charge >= 0.3 is 5.97 Å². The zero-order valence-corrected chi connectivity index (χ0v) is 19.9. The summed E-state index contributed by atoms with van der Waals surface area (Å²) >= 11 is 0. The molecule has 34 heavy (non-hydrogen) atoms. The van der Waals surface area contributed by atoms with E-state index >= 15 is 0 Å². The van der Waals surface area contributed by atoms with Crippen LogP contribution in [0.4, 0.5) is 0 Å². The molecule has 0 radical (unpaired) electrons. The van der Waals surface area contributed by atoms with Crippen LogP contribution in [0.3, 0.4) is 0 Å². The Kier molecular flexibility index (Phi) is 6.77. The summed E-state index contributed by atoms with van der Waals surface area (Å²) in [4.78, 5) is 26.9. The third-order valence-electron chi connectivity index (χ3n) is 6.37. The molecule has 0 saturated heterocycles. The highest BCUT2D eigenvalue weighted by Crippen LogP contribution is 2.48. The molecule has 4 rings (SSSR count). The Morgan fingerprint density at radius 2 is 1.91 bits per heavy atom. The van der Waals surface area contributed by atoms with Crippen molar-refractivity contribution in [3.05, 3.63) is 64.5 Å². The van der Waals surface area contributed by atoms with Gasteiger partial charge in [0.15, 0.2) is 5.78 Å². The van der Waals surface area contributed by atoms with Crippen molar-refractivity contribution >= 4 is 22.5 Å². The number of carbonyl (C=O) groups is 2. The highest BCUT2D eigenvalue weighted by Gasteiger charge is 2.44. The largest absolute Gasteiger partial charge is 0.507 e. The van der Waals surface area contributed by atoms with Gasteiger partial charge in [-0.25, -0.2) is 4.79 Å². The van der Waals surface area contributed by atoms with E-state index in [0.717, 1.165) is 16.6 Å². The summed E-state index contributed by atoms with van der Waals surface area (Å²) in [6, 6.07) is 10.9. The number of nitrogens with one attached hydrogen (secondary N) is 1. The van der Waals surface area contributed by atoms with Crippen molar-refractivity contribution in [2.45, 2.75) is 39.5 Å². The number of phenolic OH excluding ortho intramolecular Hbond substituents is 1. The molecule has 0 amide bonds. The summed E-state index contributed by atoms with van der Waals surface area (Å²) in [5.74, 6) is -0.982. The molecule has 180 valence electrons. The third kappa shape index (κ3) is 4.45. The number of nitrogens with two attached hydrogens (primary N) is 1. The number of esters is 1. The van der Waals surface area contributed by atoms with E-state index in [1.807, 2.05) is 24.3 Å². The number of dihydropyridines is 1. The van der Waals surface area contributed by atoms with Crippen LogP contribution in [0.15, 0.2) is 58.9 Å². The number of allylic oxidation sites excluding steroid dienone is 2. The summed E-state index contributed by atoms with van der Waals surface area (Å²) in [6.45, 7) is 6.92. The predicted octanol–water partition coefficient (Wildman–Crippen LogP) is 3.67. The number of benzene rings is 2. The Balaban J connectivity index is 1.98. The Morgan fingerprint density at radius 1 is 1.18 bits per heavy atom. The maximum absolute atomic E-state index is 13.6. The Hall–Kier alpha value is -3.16. The molecule has 2 aliphatic rings. The molecule has 7 nitrogen and oxygen atoms in total. The van der Waals surface area contributed by atoms with Crippen molar-refractivity contribution in [3.8, 4) is 5.75 Å². The number of rotatable bonds is 7. The van der Waals surface area contributed by atoms with Crippen molar-refractivity contribution in [1.82, 2.24) is 5.32 Å². The summed E-state index contributed by atoms with van der Waals surface area (Å²) in [5.41, 5.74) is 8.51. The minimum atomic E-state index is -0.638. The second-order valence-electron chi connectivity index (χ2n) is 9.56. The van der Waals surface area contributed by atoms with E-state index in [-0.39, 0.29) is 30.2 Å². The minimum Gasteiger partial charge on any atom is -0.507 e. The van der Waals surface area contributed by atoms with Crippen LogP contribution >= 0.6 is 0 Å². The molecule has 1 unspecified atom stereocenters. The van der Waals surface area contributed by atoms with Crippen LogP contribution in [-0.2, 0) is 19.1 Å². The van der Waals surface area contributed by atoms with Crippen molar-refractivity contribution in [2.75, 3.05) is 26.4 Å². The average molecular weight is 465 g/mol. The number of fused-ring (bicyclic) bond motifs is 1. The Labute approximate surface area is 199 Å². The Bertz CT molecular complexity index is 1190. The number of aromatic hydroxyl groups is 1. The summed E-state index contributed by atoms with van der Waals surface area (Å²) in [7, 11) is 0. The Morgan fingerprint density at radius 3 is 2.62 bits per heavy atom. The zero-order valence-electron chi connectivity index (χ0n) is 19.9. The molecule has 1 heterocycles. The topological polar surface area (TPSA) is 111 Å². The molecule has 1 aliphatic carbocycles. The average Bonchev–Trinajstić information content (AvgIpc) is 2.78. The summed E-state index contributed by atoms with van der Waals surface area (Å²) < 4.78 is 11.2. The van der Waals surface area contributed by atoms with Crippen molar-refractivity contribution in [2.24, 2.45) is 11.1 Å². The van der Waals surface area contributed by atoms with Gasteiger partial charge in [-0.15, -0.1) is 0 Å². The van der Waals surface area contributed by atoms with Gasteiger partial charge < -0.3 is 25.6 Å². The first kappa shape index (κ1) is 24.0. The number of ketones is 1. The molecule has 1 aliphatic heterocycles. The van der Waals surface area contributed by atoms with Gasteiger partial charge in [0.05, 0.1) is 31.1 Å². The number of phenols is 1. The first-order chi connectivity index (χ1) is 16.3. The van der Waals surface area contributed by atoms with E-state index < -0.39 is 11.9 Å². The molecule has 7 heteroatoms. The fourth-order valence-corrected chi connectivity index (χ4v) is 5.04. The zero-order chi connectivity index (χ0) is 24.5. The van der Waals surface area contributed by atoms with E-state index in [1.165, 1.54) is 0 Å². The molecular formula is C27H32N2O5. The minimum absolute atomic E-state index is 0.00429. The lowest BCUT2D eigenvalue weighted by atomic mass is 9.68. The van der Waals surface area contributed by atoms with Crippen LogP contribution in [0.1, 0.15) is 45.1 Å². The van der Waals surface area contributed by atoms with Crippen molar-refractivity contribution in [3.63, 3.8) is 0 Å². The van der Waals surface area contributed by atoms with Crippen molar-refractivity contribution < 1.29 is 24.2 Å². The first-order valence-corrected chi connectivity index (χ1v) is 11.7. The van der Waals surface area contributed by atoms with Crippen molar-refractivity contribution in [1.29, 1.82) is 0 Å². The third-order valence-corrected chi connectivity index (χ3v) is 6.37. The van der Waals surface area contributed by atoms with Crippen LogP contribution in [0.25, 0.3) is 10.8 Å². The normalized spacial score (nSPS) is 19.8. The molecule has 4 N–H and O–H groups in total. The van der Waals surface area contributed by atoms with Crippen LogP contribution in [0.5, 0.6) is 5.75 Å². The fraction of sp³-hybridized carbons (Fsp3) is 0.407. The van der Waals surface area contributed by atoms with Gasteiger partial charge in [0.1, 0.15) is 5.75 Å². The lowest BCUT2D eigenvalue weighted by molar-refractivity contribution is -0.139. The quantitative estimate of drug-likeness (QED) is 0.423. The van der Waals surface area contributed by atoms with E-state index in [0.29, 0.717) is 48.2 Å². The lowest BCUT2D eigenvalue weighted by Crippen LogP contribution is -2.40. The second-order valence-corrected chi connectivity index (χ2v) is 9.56. The maximum atomic E-state index is 13.6. The molecular weight excluding hydrogens is 432 g/mol. The molecule has 0 spiro atoms. The van der Waals surface area contributed by atoms with Gasteiger partial charge in [-0.1, -0.05) is 44.2 Å². The molecule has 1 atom stereocenters. The fourth-order valence-electron chi connectivity index (χ4n) is 5.04. The van der Waals surface area contributed by atoms with Gasteiger partial charge in [0.25, 0.3) is 0 Å². The molecule has 2 aromatic rings. The number of hydrogen-bond acceptors (Lipinski definition) is 7. The molecule has 0 bridgehead atoms. The van der Waals surface area contributed by atoms with Gasteiger partial charge in [-0.2, -0.15) is 0 Å². The van der Waals surface area contributed by atoms with E-state index in [1.54, 1.807) is 19.1 Å². The van der Waals surface area contributed by atoms with E-state index in [2.05, 4.69) is 19.2 Å². The van der Waals surface area contributed by atoms with Crippen LogP contribution in [-0.4, -0.2) is 43.2 Å². The maximum Gasteiger partial charge on any atom is 0.336 e. The van der Waals surface area contributed by atoms with Crippen LogP contribution < -0.4 is 11.1 Å². The SMILES string of the molecule is CCOC(=O)C1=C(COCCN)NC2=C(C(=O)CC(C)(C)C2)C1c1ccc(O)c2ccccc12. The number of carbonyl (C=O) groups excluding carboxylic acids is 2. The highest BCUT2D eigenvalue weighted by atomic mass is 16.5. The van der Waals surface area contributed by atoms with Gasteiger partial charge in [0.2, 0.25) is 0 Å². The monoisotopic (exact) mass is 464 g/mol. The molecule has 2 aromatic carbocycles. The van der Waals surface area contributed by atoms with Gasteiger partial charge in [0, 0.05) is 35.5 Å². The van der Waals surface area contributed by atoms with E-state index in [4.69, 9.17) is 15.2 Å². The van der Waals surface area contributed by atoms with E-state index in [9.17, 15) is 14.7 Å². The predicted molar refractivity (Wildman–Crippen MR) is 130 cm³/mol. The van der Waals surface area contributed by atoms with Gasteiger partial charge in [-0.05, 0) is 35.8 Å². The number of Topliss-reactive ketones (excluding diaryl/α,β-unsaturated/α-hetero) is 1. The first-order valence-electron chi connectivity index (χ1n) is 11.7. The molecule has 0 aromatic heterocycles. The summed E-state index contributed by atoms with van der Waals surface area (Å²) in [5, 5.41) is 15.3. The van der Waals surface area contributed by atoms with Crippen LogP contribution in [0, 0.1) is 5.41 Å². The molecule has 0 saturated carbocycles.